The van der Waals surface area contributed by atoms with E-state index < -0.39 is 15.8 Å². The molecule has 0 saturated carbocycles. The number of ether oxygens (including phenoxy) is 1. The van der Waals surface area contributed by atoms with Gasteiger partial charge in [-0.2, -0.15) is 0 Å². The van der Waals surface area contributed by atoms with Crippen LogP contribution in [0.3, 0.4) is 0 Å². The van der Waals surface area contributed by atoms with E-state index in [0.29, 0.717) is 0 Å². The van der Waals surface area contributed by atoms with Crippen LogP contribution in [0.15, 0.2) is 29.2 Å². The molecule has 0 heterocycles. The number of carbonyl (C=O) groups excluding carboxylic acids is 1. The Morgan fingerprint density at radius 2 is 1.80 bits per heavy atom. The second kappa shape index (κ2) is 5.65. The summed E-state index contributed by atoms with van der Waals surface area (Å²) in [5.41, 5.74) is 0. The molecule has 0 N–H and O–H groups in total. The van der Waals surface area contributed by atoms with Gasteiger partial charge < -0.3 is 4.74 Å². The van der Waals surface area contributed by atoms with Gasteiger partial charge in [-0.15, -0.1) is 0 Å². The molecule has 0 amide bonds. The van der Waals surface area contributed by atoms with Crippen molar-refractivity contribution < 1.29 is 17.9 Å². The van der Waals surface area contributed by atoms with Gasteiger partial charge in [0.15, 0.2) is 9.84 Å². The first-order valence-corrected chi connectivity index (χ1v) is 5.78. The van der Waals surface area contributed by atoms with E-state index in [4.69, 9.17) is 4.74 Å². The first-order chi connectivity index (χ1) is 6.41. The van der Waals surface area contributed by atoms with Gasteiger partial charge in [-0.1, -0.05) is 12.1 Å². The van der Waals surface area contributed by atoms with Crippen LogP contribution in [0, 0.1) is 0 Å². The quantitative estimate of drug-likeness (QED) is 0.424. The van der Waals surface area contributed by atoms with Crippen molar-refractivity contribution in [2.24, 2.45) is 0 Å². The minimum absolute atomic E-state index is 0. The van der Waals surface area contributed by atoms with Crippen LogP contribution >= 0.6 is 0 Å². The summed E-state index contributed by atoms with van der Waals surface area (Å²) in [5, 5.41) is 0. The summed E-state index contributed by atoms with van der Waals surface area (Å²) in [6.07, 6.45) is 1.06. The van der Waals surface area contributed by atoms with E-state index >= 15 is 0 Å². The molecule has 1 rings (SSSR count). The Bertz CT molecular complexity index is 453. The molecule has 0 spiro atoms. The molecule has 6 heteroatoms. The molecule has 0 saturated heterocycles. The third-order valence-corrected chi connectivity index (χ3v) is 2.64. The topological polar surface area (TPSA) is 60.4 Å². The zero-order valence-electron chi connectivity index (χ0n) is 7.85. The van der Waals surface area contributed by atoms with E-state index in [1.807, 2.05) is 0 Å². The van der Waals surface area contributed by atoms with Crippen LogP contribution in [-0.4, -0.2) is 50.2 Å². The monoisotopic (exact) mass is 238 g/mol. The van der Waals surface area contributed by atoms with Gasteiger partial charge >= 0.3 is 35.5 Å². The van der Waals surface area contributed by atoms with Gasteiger partial charge in [0.25, 0.3) is 0 Å². The molecule has 0 atom stereocenters. The molecule has 0 aromatic heterocycles. The number of sulfone groups is 1. The van der Waals surface area contributed by atoms with E-state index in [-0.39, 0.29) is 40.2 Å². The van der Waals surface area contributed by atoms with Crippen molar-refractivity contribution in [2.45, 2.75) is 11.8 Å². The number of hydrogen-bond donors (Lipinski definition) is 0. The van der Waals surface area contributed by atoms with Crippen LogP contribution < -0.4 is 4.74 Å². The van der Waals surface area contributed by atoms with E-state index in [0.717, 1.165) is 6.26 Å². The predicted octanol–water partition coefficient (Wildman–Crippen LogP) is 0.367. The van der Waals surface area contributed by atoms with Gasteiger partial charge in [-0.3, -0.25) is 4.79 Å². The van der Waals surface area contributed by atoms with Crippen molar-refractivity contribution in [1.82, 2.24) is 0 Å². The molecule has 0 aliphatic heterocycles. The van der Waals surface area contributed by atoms with Crippen molar-refractivity contribution >= 4 is 45.4 Å². The number of esters is 1. The van der Waals surface area contributed by atoms with Crippen molar-refractivity contribution in [3.8, 4) is 5.75 Å². The molecule has 1 aromatic rings. The predicted molar refractivity (Wildman–Crippen MR) is 58.0 cm³/mol. The second-order valence-corrected chi connectivity index (χ2v) is 4.80. The molecule has 0 fully saturated rings. The molecule has 15 heavy (non-hydrogen) atoms. The van der Waals surface area contributed by atoms with E-state index in [9.17, 15) is 13.2 Å². The van der Waals surface area contributed by atoms with E-state index in [2.05, 4.69) is 0 Å². The van der Waals surface area contributed by atoms with Crippen molar-refractivity contribution in [2.75, 3.05) is 6.26 Å². The van der Waals surface area contributed by atoms with Gasteiger partial charge in [-0.25, -0.2) is 8.42 Å². The molecule has 1 aromatic carbocycles. The molecule has 0 unspecified atom stereocenters. The molecule has 0 aliphatic rings. The SMILES string of the molecule is CC(=O)Oc1ccccc1S(C)(=O)=O.[NaH]. The number of hydrogen-bond acceptors (Lipinski definition) is 4. The Balaban J connectivity index is 0.00000196. The van der Waals surface area contributed by atoms with Gasteiger partial charge in [0.05, 0.1) is 0 Å². The fraction of sp³-hybridized carbons (Fsp3) is 0.222. The first-order valence-electron chi connectivity index (χ1n) is 3.89. The second-order valence-electron chi connectivity index (χ2n) is 2.81. The minimum atomic E-state index is -3.36. The van der Waals surface area contributed by atoms with Crippen molar-refractivity contribution in [3.05, 3.63) is 24.3 Å². The fourth-order valence-corrected chi connectivity index (χ4v) is 1.80. The average Bonchev–Trinajstić information content (AvgIpc) is 2.01. The summed E-state index contributed by atoms with van der Waals surface area (Å²) in [7, 11) is -3.36. The van der Waals surface area contributed by atoms with Crippen molar-refractivity contribution in [1.29, 1.82) is 0 Å². The van der Waals surface area contributed by atoms with E-state index in [1.165, 1.54) is 19.1 Å². The zero-order valence-corrected chi connectivity index (χ0v) is 8.67. The van der Waals surface area contributed by atoms with Crippen LogP contribution in [0.1, 0.15) is 6.92 Å². The third-order valence-electron chi connectivity index (χ3n) is 1.50. The zero-order chi connectivity index (χ0) is 10.8. The number of para-hydroxylation sites is 1. The molecular formula is C9H11NaO4S. The Hall–Kier alpha value is -0.360. The molecule has 0 aliphatic carbocycles. The summed E-state index contributed by atoms with van der Waals surface area (Å²) in [4.78, 5) is 10.7. The molecule has 0 bridgehead atoms. The number of benzene rings is 1. The molecule has 4 nitrogen and oxygen atoms in total. The summed E-state index contributed by atoms with van der Waals surface area (Å²) in [6.45, 7) is 1.22. The summed E-state index contributed by atoms with van der Waals surface area (Å²) >= 11 is 0. The van der Waals surface area contributed by atoms with Crippen molar-refractivity contribution in [3.63, 3.8) is 0 Å². The van der Waals surface area contributed by atoms with E-state index in [1.54, 1.807) is 12.1 Å². The molecule has 78 valence electrons. The summed E-state index contributed by atoms with van der Waals surface area (Å²) in [6, 6.07) is 6.02. The molecule has 0 radical (unpaired) electrons. The Morgan fingerprint density at radius 3 is 2.27 bits per heavy atom. The first kappa shape index (κ1) is 14.6. The average molecular weight is 238 g/mol. The van der Waals surface area contributed by atoms with Crippen LogP contribution in [0.4, 0.5) is 0 Å². The van der Waals surface area contributed by atoms with Gasteiger partial charge in [0.1, 0.15) is 10.6 Å². The maximum atomic E-state index is 11.2. The summed E-state index contributed by atoms with van der Waals surface area (Å²) in [5.74, 6) is -0.469. The van der Waals surface area contributed by atoms with Gasteiger partial charge in [0, 0.05) is 13.2 Å². The van der Waals surface area contributed by atoms with Gasteiger partial charge in [0.2, 0.25) is 0 Å². The molecular weight excluding hydrogens is 227 g/mol. The van der Waals surface area contributed by atoms with Gasteiger partial charge in [-0.05, 0) is 12.1 Å². The maximum absolute atomic E-state index is 11.2. The third kappa shape index (κ3) is 4.34. The van der Waals surface area contributed by atoms with Crippen LogP contribution in [0.5, 0.6) is 5.75 Å². The Morgan fingerprint density at radius 1 is 1.27 bits per heavy atom. The van der Waals surface area contributed by atoms with Crippen LogP contribution in [0.25, 0.3) is 0 Å². The number of rotatable bonds is 2. The number of carbonyl (C=O) groups is 1. The van der Waals surface area contributed by atoms with Crippen LogP contribution in [0.2, 0.25) is 0 Å². The fourth-order valence-electron chi connectivity index (χ4n) is 0.996. The Kier molecular flexibility index (Phi) is 5.51. The standard InChI is InChI=1S/C9H10O4S.Na.H/c1-7(10)13-8-5-3-4-6-9(8)14(2,11)12;;/h3-6H,1-2H3;;. The Labute approximate surface area is 111 Å². The van der Waals surface area contributed by atoms with Crippen LogP contribution in [-0.2, 0) is 14.6 Å². The summed E-state index contributed by atoms with van der Waals surface area (Å²) < 4.78 is 27.2. The normalized spacial score (nSPS) is 10.3.